The molecule has 2 fully saturated rings. The maximum atomic E-state index is 14.2. The van der Waals surface area contributed by atoms with E-state index in [2.05, 4.69) is 25.1 Å². The highest BCUT2D eigenvalue weighted by molar-refractivity contribution is 5.76. The van der Waals surface area contributed by atoms with E-state index in [0.29, 0.717) is 29.1 Å². The van der Waals surface area contributed by atoms with Crippen molar-refractivity contribution in [1.29, 1.82) is 0 Å². The Morgan fingerprint density at radius 3 is 2.71 bits per heavy atom. The van der Waals surface area contributed by atoms with Gasteiger partial charge in [0.15, 0.2) is 5.65 Å². The number of fused-ring (bicyclic) bond motifs is 1. The molecule has 0 unspecified atom stereocenters. The number of anilines is 3. The third-order valence-corrected chi connectivity index (χ3v) is 6.06. The molecule has 8 nitrogen and oxygen atoms in total. The molecule has 1 aliphatic carbocycles. The summed E-state index contributed by atoms with van der Waals surface area (Å²) in [5.41, 5.74) is 1.91. The molecular formula is C22H28FN7O. The molecule has 2 N–H and O–H groups in total. The van der Waals surface area contributed by atoms with Crippen LogP contribution in [0.15, 0.2) is 30.5 Å². The Balaban J connectivity index is 1.39. The summed E-state index contributed by atoms with van der Waals surface area (Å²) in [5, 5.41) is 6.53. The molecule has 0 spiro atoms. The molecule has 1 saturated carbocycles. The highest BCUT2D eigenvalue weighted by Gasteiger charge is 2.24. The van der Waals surface area contributed by atoms with E-state index in [9.17, 15) is 4.39 Å². The van der Waals surface area contributed by atoms with Crippen molar-refractivity contribution >= 4 is 28.7 Å². The standard InChI is InChI=1S/C22H28FN7O/c23-17-7-3-4-8-18(17)26-22-27-19-15-25-21(24-9-10-29-11-13-31-14-12-29)28-20(19)30(22)16-5-1-2-6-16/h3-4,7-8,15-16H,1-2,5-6,9-14H2,(H,26,27)(H,24,25,28). The summed E-state index contributed by atoms with van der Waals surface area (Å²) in [6, 6.07) is 6.96. The van der Waals surface area contributed by atoms with Gasteiger partial charge in [-0.25, -0.2) is 14.4 Å². The lowest BCUT2D eigenvalue weighted by atomic mass is 10.2. The quantitative estimate of drug-likeness (QED) is 0.599. The van der Waals surface area contributed by atoms with Crippen molar-refractivity contribution in [3.05, 3.63) is 36.3 Å². The Hall–Kier alpha value is -2.78. The molecule has 9 heteroatoms. The molecule has 1 aromatic carbocycles. The molecule has 1 aliphatic heterocycles. The lowest BCUT2D eigenvalue weighted by Crippen LogP contribution is -2.39. The van der Waals surface area contributed by atoms with Gasteiger partial charge < -0.3 is 15.4 Å². The fraction of sp³-hybridized carbons (Fsp3) is 0.500. The van der Waals surface area contributed by atoms with Crippen molar-refractivity contribution in [3.63, 3.8) is 0 Å². The molecule has 0 amide bonds. The average molecular weight is 426 g/mol. The Labute approximate surface area is 180 Å². The van der Waals surface area contributed by atoms with Crippen molar-refractivity contribution in [2.45, 2.75) is 31.7 Å². The van der Waals surface area contributed by atoms with Crippen LogP contribution in [-0.2, 0) is 4.74 Å². The number of benzene rings is 1. The summed E-state index contributed by atoms with van der Waals surface area (Å²) in [6.07, 6.45) is 6.25. The predicted molar refractivity (Wildman–Crippen MR) is 118 cm³/mol. The van der Waals surface area contributed by atoms with Gasteiger partial charge in [0, 0.05) is 32.2 Å². The Morgan fingerprint density at radius 2 is 1.90 bits per heavy atom. The number of nitrogens with one attached hydrogen (secondary N) is 2. The van der Waals surface area contributed by atoms with Crippen LogP contribution in [0.5, 0.6) is 0 Å². The highest BCUT2D eigenvalue weighted by Crippen LogP contribution is 2.36. The first-order chi connectivity index (χ1) is 15.3. The molecule has 31 heavy (non-hydrogen) atoms. The van der Waals surface area contributed by atoms with Crippen LogP contribution >= 0.6 is 0 Å². The van der Waals surface area contributed by atoms with Gasteiger partial charge in [0.05, 0.1) is 25.1 Å². The van der Waals surface area contributed by atoms with E-state index in [-0.39, 0.29) is 5.82 Å². The van der Waals surface area contributed by atoms with Gasteiger partial charge in [-0.05, 0) is 25.0 Å². The molecule has 5 rings (SSSR count). The van der Waals surface area contributed by atoms with Crippen LogP contribution < -0.4 is 10.6 Å². The number of ether oxygens (including phenoxy) is 1. The summed E-state index contributed by atoms with van der Waals surface area (Å²) in [7, 11) is 0. The molecule has 3 heterocycles. The normalized spacial score (nSPS) is 18.0. The second-order valence-electron chi connectivity index (χ2n) is 8.13. The zero-order valence-electron chi connectivity index (χ0n) is 17.6. The molecule has 3 aromatic rings. The number of para-hydroxylation sites is 1. The van der Waals surface area contributed by atoms with Crippen molar-refractivity contribution < 1.29 is 9.13 Å². The fourth-order valence-electron chi connectivity index (χ4n) is 4.41. The van der Waals surface area contributed by atoms with E-state index in [1.165, 1.54) is 18.9 Å². The molecule has 1 saturated heterocycles. The number of nitrogens with zero attached hydrogens (tertiary/aromatic N) is 5. The fourth-order valence-corrected chi connectivity index (χ4v) is 4.41. The Morgan fingerprint density at radius 1 is 1.10 bits per heavy atom. The molecule has 164 valence electrons. The van der Waals surface area contributed by atoms with Crippen LogP contribution in [0.2, 0.25) is 0 Å². The summed E-state index contributed by atoms with van der Waals surface area (Å²) in [4.78, 5) is 16.3. The minimum absolute atomic E-state index is 0.301. The van der Waals surface area contributed by atoms with Gasteiger partial charge in [-0.1, -0.05) is 25.0 Å². The first kappa shape index (κ1) is 20.1. The monoisotopic (exact) mass is 425 g/mol. The number of rotatable bonds is 7. The summed E-state index contributed by atoms with van der Waals surface area (Å²) in [5.74, 6) is 0.910. The maximum Gasteiger partial charge on any atom is 0.224 e. The first-order valence-corrected chi connectivity index (χ1v) is 11.1. The van der Waals surface area contributed by atoms with Crippen molar-refractivity contribution in [2.24, 2.45) is 0 Å². The lowest BCUT2D eigenvalue weighted by molar-refractivity contribution is 0.0398. The molecule has 0 bridgehead atoms. The summed E-state index contributed by atoms with van der Waals surface area (Å²) >= 11 is 0. The van der Waals surface area contributed by atoms with Gasteiger partial charge in [-0.3, -0.25) is 9.47 Å². The number of halogens is 1. The maximum absolute atomic E-state index is 14.2. The van der Waals surface area contributed by atoms with Crippen molar-refractivity contribution in [2.75, 3.05) is 50.0 Å². The van der Waals surface area contributed by atoms with Crippen LogP contribution in [0.3, 0.4) is 0 Å². The van der Waals surface area contributed by atoms with Gasteiger partial charge >= 0.3 is 0 Å². The topological polar surface area (TPSA) is 80.1 Å². The smallest absolute Gasteiger partial charge is 0.224 e. The van der Waals surface area contributed by atoms with Crippen LogP contribution in [-0.4, -0.2) is 63.8 Å². The SMILES string of the molecule is Fc1ccccc1Nc1nc2cnc(NCCN3CCOCC3)nc2n1C1CCCC1. The Kier molecular flexibility index (Phi) is 5.95. The van der Waals surface area contributed by atoms with Crippen LogP contribution in [0.4, 0.5) is 22.0 Å². The summed E-state index contributed by atoms with van der Waals surface area (Å²) in [6.45, 7) is 5.19. The van der Waals surface area contributed by atoms with Gasteiger partial charge in [0.1, 0.15) is 11.3 Å². The number of morpholine rings is 1. The second kappa shape index (κ2) is 9.15. The van der Waals surface area contributed by atoms with Gasteiger partial charge in [0.2, 0.25) is 11.9 Å². The van der Waals surface area contributed by atoms with Gasteiger partial charge in [-0.15, -0.1) is 0 Å². The molecule has 0 atom stereocenters. The van der Waals surface area contributed by atoms with E-state index in [1.807, 2.05) is 6.07 Å². The van der Waals surface area contributed by atoms with Crippen LogP contribution in [0.25, 0.3) is 11.2 Å². The van der Waals surface area contributed by atoms with Crippen molar-refractivity contribution in [1.82, 2.24) is 24.4 Å². The molecular weight excluding hydrogens is 397 g/mol. The van der Waals surface area contributed by atoms with E-state index in [1.54, 1.807) is 18.3 Å². The van der Waals surface area contributed by atoms with Crippen LogP contribution in [0.1, 0.15) is 31.7 Å². The van der Waals surface area contributed by atoms with E-state index < -0.39 is 0 Å². The number of imidazole rings is 1. The first-order valence-electron chi connectivity index (χ1n) is 11.1. The molecule has 2 aromatic heterocycles. The van der Waals surface area contributed by atoms with Crippen molar-refractivity contribution in [3.8, 4) is 0 Å². The minimum atomic E-state index is -0.302. The highest BCUT2D eigenvalue weighted by atomic mass is 19.1. The lowest BCUT2D eigenvalue weighted by Gasteiger charge is -2.26. The summed E-state index contributed by atoms with van der Waals surface area (Å²) < 4.78 is 21.8. The largest absolute Gasteiger partial charge is 0.379 e. The van der Waals surface area contributed by atoms with E-state index in [0.717, 1.165) is 57.9 Å². The van der Waals surface area contributed by atoms with E-state index in [4.69, 9.17) is 14.7 Å². The van der Waals surface area contributed by atoms with Crippen LogP contribution in [0, 0.1) is 5.82 Å². The Bertz CT molecular complexity index is 1030. The van der Waals surface area contributed by atoms with E-state index >= 15 is 0 Å². The number of aromatic nitrogens is 4. The minimum Gasteiger partial charge on any atom is -0.379 e. The molecule has 0 radical (unpaired) electrons. The molecule has 2 aliphatic rings. The third kappa shape index (κ3) is 4.47. The number of hydrogen-bond acceptors (Lipinski definition) is 7. The van der Waals surface area contributed by atoms with Gasteiger partial charge in [0.25, 0.3) is 0 Å². The van der Waals surface area contributed by atoms with Gasteiger partial charge in [-0.2, -0.15) is 4.98 Å². The third-order valence-electron chi connectivity index (χ3n) is 6.06. The number of hydrogen-bond donors (Lipinski definition) is 2. The second-order valence-corrected chi connectivity index (χ2v) is 8.13. The zero-order valence-corrected chi connectivity index (χ0v) is 17.6. The zero-order chi connectivity index (χ0) is 21.0. The average Bonchev–Trinajstić information content (AvgIpc) is 3.43. The predicted octanol–water partition coefficient (Wildman–Crippen LogP) is 3.57.